The molecule has 1 aliphatic heterocycles. The van der Waals surface area contributed by atoms with Gasteiger partial charge in [-0.3, -0.25) is 9.69 Å². The standard InChI is InChI=1S/C30H36FN3O3S2/c1-20(2)29-28-26(19-34(29)18-23-8-5-9-24(31)16-23)38-30(33-28)32-27(35)17-22-10-12-25(13-11-22)39(36,37)15-14-21-6-3-4-7-21/h5,8-13,16,20-21,29H,3-4,6-7,14-15,17-19H2,1-2H3,(H,32,33,35)/t29-/m1/s1. The molecule has 0 saturated heterocycles. The zero-order valence-corrected chi connectivity index (χ0v) is 24.2. The summed E-state index contributed by atoms with van der Waals surface area (Å²) in [6.45, 7) is 5.64. The van der Waals surface area contributed by atoms with Crippen LogP contribution in [0, 0.1) is 17.7 Å². The van der Waals surface area contributed by atoms with Gasteiger partial charge in [0.15, 0.2) is 15.0 Å². The summed E-state index contributed by atoms with van der Waals surface area (Å²) in [5.74, 6) is 0.599. The van der Waals surface area contributed by atoms with E-state index in [0.717, 1.165) is 41.0 Å². The predicted molar refractivity (Wildman–Crippen MR) is 153 cm³/mol. The number of hydrogen-bond acceptors (Lipinski definition) is 6. The van der Waals surface area contributed by atoms with Crippen LogP contribution in [0.25, 0.3) is 0 Å². The number of carbonyl (C=O) groups excluding carboxylic acids is 1. The van der Waals surface area contributed by atoms with Gasteiger partial charge in [0.1, 0.15) is 5.82 Å². The predicted octanol–water partition coefficient (Wildman–Crippen LogP) is 6.53. The van der Waals surface area contributed by atoms with E-state index in [1.54, 1.807) is 36.4 Å². The SMILES string of the molecule is CC(C)[C@@H]1c2nc(NC(=O)Cc3ccc(S(=O)(=O)CCC4CCCC4)cc3)sc2CN1Cc1cccc(F)c1. The molecule has 1 atom stereocenters. The number of aromatic nitrogens is 1. The van der Waals surface area contributed by atoms with Crippen LogP contribution >= 0.6 is 11.3 Å². The lowest BCUT2D eigenvalue weighted by atomic mass is 10.0. The second kappa shape index (κ2) is 11.9. The van der Waals surface area contributed by atoms with Crippen molar-refractivity contribution < 1.29 is 17.6 Å². The average molecular weight is 570 g/mol. The maximum absolute atomic E-state index is 13.7. The Bertz CT molecular complexity index is 1410. The molecule has 0 bridgehead atoms. The number of carbonyl (C=O) groups is 1. The molecule has 2 heterocycles. The smallest absolute Gasteiger partial charge is 0.230 e. The quantitative estimate of drug-likeness (QED) is 0.300. The van der Waals surface area contributed by atoms with Crippen molar-refractivity contribution in [2.45, 2.75) is 76.4 Å². The van der Waals surface area contributed by atoms with Crippen molar-refractivity contribution in [2.75, 3.05) is 11.1 Å². The maximum Gasteiger partial charge on any atom is 0.230 e. The lowest BCUT2D eigenvalue weighted by Gasteiger charge is -2.27. The Hall–Kier alpha value is -2.62. The Morgan fingerprint density at radius 1 is 1.13 bits per heavy atom. The van der Waals surface area contributed by atoms with E-state index in [1.165, 1.54) is 30.2 Å². The van der Waals surface area contributed by atoms with Crippen molar-refractivity contribution in [1.82, 2.24) is 9.88 Å². The van der Waals surface area contributed by atoms with E-state index >= 15 is 0 Å². The molecule has 39 heavy (non-hydrogen) atoms. The molecule has 5 rings (SSSR count). The molecule has 1 N–H and O–H groups in total. The van der Waals surface area contributed by atoms with Crippen molar-refractivity contribution in [3.8, 4) is 0 Å². The Morgan fingerprint density at radius 3 is 2.56 bits per heavy atom. The van der Waals surface area contributed by atoms with E-state index in [2.05, 4.69) is 24.1 Å². The third-order valence-corrected chi connectivity index (χ3v) is 10.6. The number of thiazole rings is 1. The number of fused-ring (bicyclic) bond motifs is 1. The van der Waals surface area contributed by atoms with Gasteiger partial charge >= 0.3 is 0 Å². The monoisotopic (exact) mass is 569 g/mol. The Balaban J connectivity index is 1.18. The normalized spacial score (nSPS) is 18.1. The first kappa shape index (κ1) is 27.9. The van der Waals surface area contributed by atoms with E-state index < -0.39 is 9.84 Å². The summed E-state index contributed by atoms with van der Waals surface area (Å²) in [5.41, 5.74) is 2.67. The van der Waals surface area contributed by atoms with Gasteiger partial charge in [-0.25, -0.2) is 17.8 Å². The van der Waals surface area contributed by atoms with Crippen LogP contribution in [-0.2, 0) is 34.1 Å². The second-order valence-corrected chi connectivity index (χ2v) is 14.4. The first-order valence-corrected chi connectivity index (χ1v) is 16.2. The average Bonchev–Trinajstić information content (AvgIpc) is 3.60. The summed E-state index contributed by atoms with van der Waals surface area (Å²) in [5, 5.41) is 3.51. The minimum Gasteiger partial charge on any atom is -0.302 e. The highest BCUT2D eigenvalue weighted by molar-refractivity contribution is 7.91. The molecule has 0 radical (unpaired) electrons. The number of amides is 1. The van der Waals surface area contributed by atoms with Gasteiger partial charge in [-0.1, -0.05) is 63.8 Å². The molecule has 3 aromatic rings. The van der Waals surface area contributed by atoms with E-state index in [9.17, 15) is 17.6 Å². The van der Waals surface area contributed by atoms with E-state index in [0.29, 0.717) is 35.0 Å². The van der Waals surface area contributed by atoms with Crippen LogP contribution in [-0.4, -0.2) is 30.0 Å². The number of nitrogens with one attached hydrogen (secondary N) is 1. The molecule has 2 aliphatic rings. The van der Waals surface area contributed by atoms with Crippen LogP contribution in [0.15, 0.2) is 53.4 Å². The molecular formula is C30H36FN3O3S2. The molecule has 0 spiro atoms. The van der Waals surface area contributed by atoms with Gasteiger partial charge in [0.25, 0.3) is 0 Å². The van der Waals surface area contributed by atoms with Crippen molar-refractivity contribution in [2.24, 2.45) is 11.8 Å². The molecule has 0 unspecified atom stereocenters. The van der Waals surface area contributed by atoms with E-state index in [4.69, 9.17) is 4.98 Å². The van der Waals surface area contributed by atoms with Crippen molar-refractivity contribution in [3.05, 3.63) is 76.0 Å². The number of hydrogen-bond donors (Lipinski definition) is 1. The number of halogens is 1. The zero-order chi connectivity index (χ0) is 27.6. The van der Waals surface area contributed by atoms with Crippen LogP contribution < -0.4 is 5.32 Å². The number of sulfone groups is 1. The van der Waals surface area contributed by atoms with Crippen LogP contribution in [0.1, 0.15) is 73.7 Å². The Labute approximate surface area is 234 Å². The van der Waals surface area contributed by atoms with Crippen LogP contribution in [0.2, 0.25) is 0 Å². The summed E-state index contributed by atoms with van der Waals surface area (Å²) in [4.78, 5) is 21.3. The van der Waals surface area contributed by atoms with Crippen LogP contribution in [0.5, 0.6) is 0 Å². The van der Waals surface area contributed by atoms with Crippen molar-refractivity contribution in [3.63, 3.8) is 0 Å². The lowest BCUT2D eigenvalue weighted by Crippen LogP contribution is -2.26. The second-order valence-electron chi connectivity index (χ2n) is 11.2. The van der Waals surface area contributed by atoms with Gasteiger partial charge in [-0.2, -0.15) is 0 Å². The van der Waals surface area contributed by atoms with Crippen LogP contribution in [0.4, 0.5) is 9.52 Å². The van der Waals surface area contributed by atoms with Crippen LogP contribution in [0.3, 0.4) is 0 Å². The van der Waals surface area contributed by atoms with Gasteiger partial charge in [0.05, 0.1) is 28.8 Å². The number of rotatable bonds is 10. The first-order valence-electron chi connectivity index (χ1n) is 13.8. The number of benzene rings is 2. The molecule has 1 aliphatic carbocycles. The molecule has 1 aromatic heterocycles. The molecule has 6 nitrogen and oxygen atoms in total. The molecule has 1 fully saturated rings. The lowest BCUT2D eigenvalue weighted by molar-refractivity contribution is -0.115. The van der Waals surface area contributed by atoms with Gasteiger partial charge in [-0.05, 0) is 53.6 Å². The minimum atomic E-state index is -3.31. The van der Waals surface area contributed by atoms with Gasteiger partial charge in [0.2, 0.25) is 5.91 Å². The third-order valence-electron chi connectivity index (χ3n) is 7.82. The molecular weight excluding hydrogens is 533 g/mol. The van der Waals surface area contributed by atoms with Crippen molar-refractivity contribution >= 4 is 32.2 Å². The summed E-state index contributed by atoms with van der Waals surface area (Å²) in [7, 11) is -3.31. The Morgan fingerprint density at radius 2 is 1.87 bits per heavy atom. The third kappa shape index (κ3) is 6.76. The van der Waals surface area contributed by atoms with Gasteiger partial charge in [0, 0.05) is 18.0 Å². The van der Waals surface area contributed by atoms with Crippen molar-refractivity contribution in [1.29, 1.82) is 0 Å². The topological polar surface area (TPSA) is 79.4 Å². The van der Waals surface area contributed by atoms with E-state index in [1.807, 2.05) is 6.07 Å². The first-order chi connectivity index (χ1) is 18.7. The fourth-order valence-corrected chi connectivity index (χ4v) is 8.35. The molecule has 9 heteroatoms. The molecule has 208 valence electrons. The highest BCUT2D eigenvalue weighted by Gasteiger charge is 2.36. The fourth-order valence-electron chi connectivity index (χ4n) is 5.88. The summed E-state index contributed by atoms with van der Waals surface area (Å²) >= 11 is 1.48. The zero-order valence-electron chi connectivity index (χ0n) is 22.5. The summed E-state index contributed by atoms with van der Waals surface area (Å²) in [6.07, 6.45) is 5.56. The maximum atomic E-state index is 13.7. The Kier molecular flexibility index (Phi) is 8.49. The van der Waals surface area contributed by atoms with Gasteiger partial charge < -0.3 is 5.32 Å². The molecule has 2 aromatic carbocycles. The number of nitrogens with zero attached hydrogens (tertiary/aromatic N) is 2. The highest BCUT2D eigenvalue weighted by Crippen LogP contribution is 2.43. The minimum absolute atomic E-state index is 0.0910. The molecule has 1 saturated carbocycles. The summed E-state index contributed by atoms with van der Waals surface area (Å²) < 4.78 is 39.2. The van der Waals surface area contributed by atoms with E-state index in [-0.39, 0.29) is 29.9 Å². The fraction of sp³-hybridized carbons (Fsp3) is 0.467. The van der Waals surface area contributed by atoms with Gasteiger partial charge in [-0.15, -0.1) is 11.3 Å². The largest absolute Gasteiger partial charge is 0.302 e. The number of anilines is 1. The summed E-state index contributed by atoms with van der Waals surface area (Å²) in [6, 6.07) is 13.5. The molecule has 1 amide bonds. The highest BCUT2D eigenvalue weighted by atomic mass is 32.2.